The number of benzene rings is 1. The number of ether oxygens (including phenoxy) is 1. The molecule has 1 aromatic carbocycles. The van der Waals surface area contributed by atoms with Crippen LogP contribution in [0.15, 0.2) is 18.2 Å². The third-order valence-corrected chi connectivity index (χ3v) is 4.16. The van der Waals surface area contributed by atoms with Crippen LogP contribution in [0.5, 0.6) is 5.75 Å². The van der Waals surface area contributed by atoms with Crippen LogP contribution in [0.25, 0.3) is 0 Å². The fourth-order valence-corrected chi connectivity index (χ4v) is 2.86. The summed E-state index contributed by atoms with van der Waals surface area (Å²) >= 11 is 0. The van der Waals surface area contributed by atoms with E-state index in [-0.39, 0.29) is 6.10 Å². The number of unbranched alkanes of at least 4 members (excludes halogenated alkanes) is 4. The molecule has 0 amide bonds. The standard InChI is InChI=1S/C18H28O2/c1-2-3-4-5-6-7-17(19)10-8-15-9-11-18-16(14-15)12-13-20-18/h9,11,14,17,19H,2-8,10,12-13H2,1H3. The summed E-state index contributed by atoms with van der Waals surface area (Å²) in [5.41, 5.74) is 2.66. The highest BCUT2D eigenvalue weighted by Gasteiger charge is 2.12. The van der Waals surface area contributed by atoms with Gasteiger partial charge in [0.2, 0.25) is 0 Å². The van der Waals surface area contributed by atoms with Gasteiger partial charge in [0.25, 0.3) is 0 Å². The van der Waals surface area contributed by atoms with E-state index in [0.29, 0.717) is 0 Å². The maximum Gasteiger partial charge on any atom is 0.122 e. The van der Waals surface area contributed by atoms with Crippen molar-refractivity contribution < 1.29 is 9.84 Å². The van der Waals surface area contributed by atoms with E-state index in [0.717, 1.165) is 38.0 Å². The topological polar surface area (TPSA) is 29.5 Å². The quantitative estimate of drug-likeness (QED) is 0.682. The van der Waals surface area contributed by atoms with Crippen LogP contribution in [0, 0.1) is 0 Å². The van der Waals surface area contributed by atoms with Crippen LogP contribution in [-0.2, 0) is 12.8 Å². The van der Waals surface area contributed by atoms with Crippen molar-refractivity contribution in [1.82, 2.24) is 0 Å². The number of hydrogen-bond donors (Lipinski definition) is 1. The molecule has 2 heteroatoms. The zero-order chi connectivity index (χ0) is 14.2. The maximum atomic E-state index is 10.0. The minimum Gasteiger partial charge on any atom is -0.493 e. The Hall–Kier alpha value is -1.02. The first-order chi connectivity index (χ1) is 9.79. The van der Waals surface area contributed by atoms with Crippen molar-refractivity contribution in [3.05, 3.63) is 29.3 Å². The van der Waals surface area contributed by atoms with Crippen molar-refractivity contribution in [2.45, 2.75) is 70.8 Å². The van der Waals surface area contributed by atoms with E-state index in [9.17, 15) is 5.11 Å². The normalized spacial score (nSPS) is 14.9. The van der Waals surface area contributed by atoms with E-state index in [4.69, 9.17) is 4.74 Å². The minimum absolute atomic E-state index is 0.138. The van der Waals surface area contributed by atoms with Crippen LogP contribution in [-0.4, -0.2) is 17.8 Å². The fraction of sp³-hybridized carbons (Fsp3) is 0.667. The lowest BCUT2D eigenvalue weighted by Gasteiger charge is -2.11. The molecule has 1 N–H and O–H groups in total. The molecule has 0 bridgehead atoms. The first kappa shape index (κ1) is 15.4. The van der Waals surface area contributed by atoms with Crippen LogP contribution < -0.4 is 4.74 Å². The first-order valence-electron chi connectivity index (χ1n) is 8.22. The van der Waals surface area contributed by atoms with Gasteiger partial charge in [-0.2, -0.15) is 0 Å². The van der Waals surface area contributed by atoms with Gasteiger partial charge in [-0.15, -0.1) is 0 Å². The number of hydrogen-bond acceptors (Lipinski definition) is 2. The van der Waals surface area contributed by atoms with Gasteiger partial charge in [-0.3, -0.25) is 0 Å². The van der Waals surface area contributed by atoms with Crippen molar-refractivity contribution in [3.8, 4) is 5.75 Å². The zero-order valence-electron chi connectivity index (χ0n) is 12.7. The Balaban J connectivity index is 1.64. The molecule has 0 saturated carbocycles. The average molecular weight is 276 g/mol. The molecule has 1 unspecified atom stereocenters. The third kappa shape index (κ3) is 4.82. The van der Waals surface area contributed by atoms with Crippen molar-refractivity contribution in [3.63, 3.8) is 0 Å². The van der Waals surface area contributed by atoms with E-state index >= 15 is 0 Å². The molecule has 0 fully saturated rings. The van der Waals surface area contributed by atoms with Crippen LogP contribution >= 0.6 is 0 Å². The second-order valence-corrected chi connectivity index (χ2v) is 5.94. The second kappa shape index (κ2) is 8.31. The largest absolute Gasteiger partial charge is 0.493 e. The molecule has 0 radical (unpaired) electrons. The molecule has 1 aliphatic heterocycles. The molecule has 0 spiro atoms. The average Bonchev–Trinajstić information content (AvgIpc) is 2.92. The predicted molar refractivity (Wildman–Crippen MR) is 83.3 cm³/mol. The molecule has 2 nitrogen and oxygen atoms in total. The molecule has 1 aliphatic rings. The predicted octanol–water partition coefficient (Wildman–Crippen LogP) is 4.28. The monoisotopic (exact) mass is 276 g/mol. The lowest BCUT2D eigenvalue weighted by molar-refractivity contribution is 0.151. The number of rotatable bonds is 9. The second-order valence-electron chi connectivity index (χ2n) is 5.94. The van der Waals surface area contributed by atoms with E-state index in [1.807, 2.05) is 0 Å². The zero-order valence-corrected chi connectivity index (χ0v) is 12.7. The maximum absolute atomic E-state index is 10.0. The molecule has 20 heavy (non-hydrogen) atoms. The first-order valence-corrected chi connectivity index (χ1v) is 8.22. The lowest BCUT2D eigenvalue weighted by atomic mass is 10.00. The summed E-state index contributed by atoms with van der Waals surface area (Å²) < 4.78 is 5.51. The number of fused-ring (bicyclic) bond motifs is 1. The Morgan fingerprint density at radius 1 is 1.15 bits per heavy atom. The molecule has 1 heterocycles. The van der Waals surface area contributed by atoms with Crippen molar-refractivity contribution in [1.29, 1.82) is 0 Å². The molecule has 1 aromatic rings. The van der Waals surface area contributed by atoms with E-state index in [2.05, 4.69) is 25.1 Å². The van der Waals surface area contributed by atoms with Crippen molar-refractivity contribution in [2.24, 2.45) is 0 Å². The Labute approximate surface area is 123 Å². The summed E-state index contributed by atoms with van der Waals surface area (Å²) in [6, 6.07) is 6.46. The summed E-state index contributed by atoms with van der Waals surface area (Å²) in [5, 5.41) is 10.0. The number of aliphatic hydroxyl groups excluding tert-OH is 1. The highest BCUT2D eigenvalue weighted by molar-refractivity contribution is 5.39. The highest BCUT2D eigenvalue weighted by Crippen LogP contribution is 2.26. The van der Waals surface area contributed by atoms with E-state index in [1.54, 1.807) is 0 Å². The van der Waals surface area contributed by atoms with Crippen LogP contribution in [0.4, 0.5) is 0 Å². The smallest absolute Gasteiger partial charge is 0.122 e. The van der Waals surface area contributed by atoms with Crippen LogP contribution in [0.1, 0.15) is 63.0 Å². The van der Waals surface area contributed by atoms with Crippen molar-refractivity contribution >= 4 is 0 Å². The van der Waals surface area contributed by atoms with Gasteiger partial charge in [0, 0.05) is 6.42 Å². The van der Waals surface area contributed by atoms with Crippen LogP contribution in [0.3, 0.4) is 0 Å². The Morgan fingerprint density at radius 3 is 2.85 bits per heavy atom. The molecular weight excluding hydrogens is 248 g/mol. The fourth-order valence-electron chi connectivity index (χ4n) is 2.86. The Morgan fingerprint density at radius 2 is 2.00 bits per heavy atom. The third-order valence-electron chi connectivity index (χ3n) is 4.16. The molecule has 0 saturated heterocycles. The van der Waals surface area contributed by atoms with Gasteiger partial charge < -0.3 is 9.84 Å². The Kier molecular flexibility index (Phi) is 6.38. The minimum atomic E-state index is -0.138. The number of aryl methyl sites for hydroxylation is 1. The Bertz CT molecular complexity index is 400. The van der Waals surface area contributed by atoms with Gasteiger partial charge >= 0.3 is 0 Å². The van der Waals surface area contributed by atoms with Crippen LogP contribution in [0.2, 0.25) is 0 Å². The van der Waals surface area contributed by atoms with Gasteiger partial charge in [-0.25, -0.2) is 0 Å². The van der Waals surface area contributed by atoms with E-state index < -0.39 is 0 Å². The summed E-state index contributed by atoms with van der Waals surface area (Å²) in [7, 11) is 0. The summed E-state index contributed by atoms with van der Waals surface area (Å²) in [4.78, 5) is 0. The SMILES string of the molecule is CCCCCCCC(O)CCc1ccc2c(c1)CCO2. The van der Waals surface area contributed by atoms with Gasteiger partial charge in [0.05, 0.1) is 12.7 Å². The summed E-state index contributed by atoms with van der Waals surface area (Å²) in [6.45, 7) is 3.05. The molecule has 0 aromatic heterocycles. The van der Waals surface area contributed by atoms with Gasteiger partial charge in [0.1, 0.15) is 5.75 Å². The van der Waals surface area contributed by atoms with E-state index in [1.165, 1.54) is 43.2 Å². The summed E-state index contributed by atoms with van der Waals surface area (Å²) in [6.07, 6.45) is 10.1. The molecule has 1 atom stereocenters. The molecule has 2 rings (SSSR count). The molecule has 0 aliphatic carbocycles. The lowest BCUT2D eigenvalue weighted by Crippen LogP contribution is -2.07. The summed E-state index contributed by atoms with van der Waals surface area (Å²) in [5.74, 6) is 1.05. The highest BCUT2D eigenvalue weighted by atomic mass is 16.5. The van der Waals surface area contributed by atoms with Gasteiger partial charge in [-0.05, 0) is 36.5 Å². The molecular formula is C18H28O2. The van der Waals surface area contributed by atoms with Gasteiger partial charge in [0.15, 0.2) is 0 Å². The van der Waals surface area contributed by atoms with Gasteiger partial charge in [-0.1, -0.05) is 51.2 Å². The van der Waals surface area contributed by atoms with Crippen molar-refractivity contribution in [2.75, 3.05) is 6.61 Å². The number of aliphatic hydroxyl groups is 1. The molecule has 112 valence electrons.